The maximum Gasteiger partial charge on any atom is 0.360 e. The molecule has 1 N–H and O–H groups in total. The number of nitrogens with one attached hydrogen (secondary N) is 1. The number of para-hydroxylation sites is 1. The Kier molecular flexibility index (Phi) is 6.19. The molecule has 180 valence electrons. The second-order valence-corrected chi connectivity index (χ2v) is 8.07. The molecule has 1 fully saturated rings. The van der Waals surface area contributed by atoms with Gasteiger partial charge in [0.25, 0.3) is 0 Å². The van der Waals surface area contributed by atoms with Gasteiger partial charge in [0.15, 0.2) is 11.5 Å². The summed E-state index contributed by atoms with van der Waals surface area (Å²) < 4.78 is 17.9. The van der Waals surface area contributed by atoms with Crippen molar-refractivity contribution in [1.82, 2.24) is 19.5 Å². The number of rotatable bonds is 6. The van der Waals surface area contributed by atoms with E-state index in [4.69, 9.17) is 14.2 Å². The molecule has 35 heavy (non-hydrogen) atoms. The molecular weight excluding hydrogens is 448 g/mol. The van der Waals surface area contributed by atoms with Crippen LogP contribution in [0.4, 0.5) is 17.2 Å². The first-order valence-electron chi connectivity index (χ1n) is 11.2. The summed E-state index contributed by atoms with van der Waals surface area (Å²) in [5.74, 6) is -0.102. The van der Waals surface area contributed by atoms with Crippen LogP contribution >= 0.6 is 0 Å². The van der Waals surface area contributed by atoms with Crippen LogP contribution in [0.15, 0.2) is 48.8 Å². The molecule has 0 atom stereocenters. The van der Waals surface area contributed by atoms with Crippen LogP contribution in [0.2, 0.25) is 0 Å². The number of imidazole rings is 1. The molecule has 10 nitrogen and oxygen atoms in total. The minimum atomic E-state index is -0.609. The third-order valence-electron chi connectivity index (χ3n) is 5.95. The van der Waals surface area contributed by atoms with E-state index in [1.807, 2.05) is 54.1 Å². The van der Waals surface area contributed by atoms with E-state index < -0.39 is 5.97 Å². The van der Waals surface area contributed by atoms with Gasteiger partial charge in [-0.1, -0.05) is 12.1 Å². The van der Waals surface area contributed by atoms with E-state index in [1.165, 1.54) is 14.2 Å². The number of aryl methyl sites for hydroxylation is 1. The Hall–Kier alpha value is -4.18. The summed E-state index contributed by atoms with van der Waals surface area (Å²) in [5, 5.41) is 3.20. The Balaban J connectivity index is 1.53. The van der Waals surface area contributed by atoms with E-state index in [-0.39, 0.29) is 17.4 Å². The fourth-order valence-electron chi connectivity index (χ4n) is 4.13. The number of esters is 1. The molecule has 0 bridgehead atoms. The molecule has 4 aromatic rings. The fourth-order valence-corrected chi connectivity index (χ4v) is 4.13. The Morgan fingerprint density at radius 3 is 2.54 bits per heavy atom. The van der Waals surface area contributed by atoms with Crippen LogP contribution in [-0.2, 0) is 16.5 Å². The largest absolute Gasteiger partial charge is 0.479 e. The monoisotopic (exact) mass is 474 g/mol. The molecule has 0 radical (unpaired) electrons. The number of benzene rings is 2. The van der Waals surface area contributed by atoms with Crippen LogP contribution in [0, 0.1) is 0 Å². The van der Waals surface area contributed by atoms with Gasteiger partial charge in [0.1, 0.15) is 5.69 Å². The van der Waals surface area contributed by atoms with Crippen molar-refractivity contribution in [2.24, 2.45) is 7.05 Å². The summed E-state index contributed by atoms with van der Waals surface area (Å²) in [7, 11) is 4.75. The van der Waals surface area contributed by atoms with Crippen molar-refractivity contribution >= 4 is 34.2 Å². The first kappa shape index (κ1) is 22.6. The molecular formula is C25H26N6O4. The lowest BCUT2D eigenvalue weighted by atomic mass is 10.1. The Bertz CT molecular complexity index is 1360. The number of hydrogen-bond acceptors (Lipinski definition) is 9. The summed E-state index contributed by atoms with van der Waals surface area (Å²) in [5.41, 5.74) is 4.68. The molecule has 5 rings (SSSR count). The second kappa shape index (κ2) is 9.59. The number of carbonyl (C=O) groups excluding carboxylic acids is 1. The van der Waals surface area contributed by atoms with Crippen LogP contribution < -0.4 is 15.0 Å². The third kappa shape index (κ3) is 4.35. The fraction of sp³-hybridized carbons (Fsp3) is 0.280. The standard InChI is InChI=1S/C25H26N6O4/c1-30-15-26-20-18(5-4-6-19(20)30)21-24(33-2)29-23(22(28-21)25(32)34-3)27-16-7-9-17(10-8-16)31-11-13-35-14-12-31/h4-10,15H,11-14H2,1-3H3,(H,27,29). The number of anilines is 3. The molecule has 0 spiro atoms. The topological polar surface area (TPSA) is 104 Å². The van der Waals surface area contributed by atoms with Gasteiger partial charge in [-0.25, -0.2) is 14.8 Å². The van der Waals surface area contributed by atoms with Crippen molar-refractivity contribution in [3.63, 3.8) is 0 Å². The van der Waals surface area contributed by atoms with Crippen LogP contribution in [0.1, 0.15) is 10.5 Å². The normalized spacial score (nSPS) is 13.6. The van der Waals surface area contributed by atoms with Gasteiger partial charge < -0.3 is 29.0 Å². The number of ether oxygens (including phenoxy) is 3. The van der Waals surface area contributed by atoms with Gasteiger partial charge >= 0.3 is 5.97 Å². The van der Waals surface area contributed by atoms with Gasteiger partial charge in [0.2, 0.25) is 5.88 Å². The first-order chi connectivity index (χ1) is 17.1. The number of fused-ring (bicyclic) bond motifs is 1. The number of aromatic nitrogens is 4. The quantitative estimate of drug-likeness (QED) is 0.421. The summed E-state index contributed by atoms with van der Waals surface area (Å²) in [4.78, 5) is 28.7. The van der Waals surface area contributed by atoms with Crippen LogP contribution in [0.25, 0.3) is 22.3 Å². The SMILES string of the molecule is COC(=O)c1nc(-c2cccc3c2ncn3C)c(OC)nc1Nc1ccc(N2CCOCC2)cc1. The van der Waals surface area contributed by atoms with Gasteiger partial charge in [-0.05, 0) is 30.3 Å². The van der Waals surface area contributed by atoms with Gasteiger partial charge in [-0.15, -0.1) is 0 Å². The summed E-state index contributed by atoms with van der Waals surface area (Å²) in [6.45, 7) is 3.14. The molecule has 10 heteroatoms. The molecule has 1 aliphatic rings. The maximum absolute atomic E-state index is 12.7. The summed E-state index contributed by atoms with van der Waals surface area (Å²) >= 11 is 0. The lowest BCUT2D eigenvalue weighted by molar-refractivity contribution is 0.0595. The van der Waals surface area contributed by atoms with Crippen molar-refractivity contribution in [3.05, 3.63) is 54.5 Å². The van der Waals surface area contributed by atoms with Gasteiger partial charge in [-0.2, -0.15) is 4.98 Å². The first-order valence-corrected chi connectivity index (χ1v) is 11.2. The molecule has 2 aromatic heterocycles. The molecule has 0 unspecified atom stereocenters. The van der Waals surface area contributed by atoms with Gasteiger partial charge in [0.05, 0.1) is 44.8 Å². The zero-order chi connectivity index (χ0) is 24.4. The van der Waals surface area contributed by atoms with E-state index in [0.29, 0.717) is 11.3 Å². The van der Waals surface area contributed by atoms with Crippen molar-refractivity contribution in [2.75, 3.05) is 50.7 Å². The van der Waals surface area contributed by atoms with Gasteiger partial charge in [-0.3, -0.25) is 0 Å². The maximum atomic E-state index is 12.7. The molecule has 1 aliphatic heterocycles. The number of morpholine rings is 1. The predicted octanol–water partition coefficient (Wildman–Crippen LogP) is 3.41. The Labute approximate surface area is 202 Å². The van der Waals surface area contributed by atoms with E-state index in [1.54, 1.807) is 6.33 Å². The molecule has 1 saturated heterocycles. The van der Waals surface area contributed by atoms with Crippen molar-refractivity contribution in [3.8, 4) is 17.1 Å². The molecule has 0 amide bonds. The minimum Gasteiger partial charge on any atom is -0.479 e. The predicted molar refractivity (Wildman–Crippen MR) is 132 cm³/mol. The van der Waals surface area contributed by atoms with Crippen LogP contribution in [-0.4, -0.2) is 66.0 Å². The highest BCUT2D eigenvalue weighted by molar-refractivity contribution is 5.97. The number of nitrogens with zero attached hydrogens (tertiary/aromatic N) is 5. The molecule has 2 aromatic carbocycles. The number of methoxy groups -OCH3 is 2. The second-order valence-electron chi connectivity index (χ2n) is 8.07. The smallest absolute Gasteiger partial charge is 0.360 e. The highest BCUT2D eigenvalue weighted by Crippen LogP contribution is 2.34. The lowest BCUT2D eigenvalue weighted by Gasteiger charge is -2.28. The highest BCUT2D eigenvalue weighted by Gasteiger charge is 2.23. The molecule has 3 heterocycles. The third-order valence-corrected chi connectivity index (χ3v) is 5.95. The Morgan fingerprint density at radius 1 is 1.06 bits per heavy atom. The summed E-state index contributed by atoms with van der Waals surface area (Å²) in [6.07, 6.45) is 1.73. The van der Waals surface area contributed by atoms with Gasteiger partial charge in [0, 0.05) is 37.1 Å². The lowest BCUT2D eigenvalue weighted by Crippen LogP contribution is -2.36. The van der Waals surface area contributed by atoms with Crippen molar-refractivity contribution in [2.45, 2.75) is 0 Å². The minimum absolute atomic E-state index is 0.0495. The Morgan fingerprint density at radius 2 is 1.83 bits per heavy atom. The average molecular weight is 475 g/mol. The van der Waals surface area contributed by atoms with Crippen molar-refractivity contribution in [1.29, 1.82) is 0 Å². The van der Waals surface area contributed by atoms with E-state index in [9.17, 15) is 4.79 Å². The zero-order valence-electron chi connectivity index (χ0n) is 19.8. The van der Waals surface area contributed by atoms with Crippen molar-refractivity contribution < 1.29 is 19.0 Å². The molecule has 0 saturated carbocycles. The number of carbonyl (C=O) groups is 1. The van der Waals surface area contributed by atoms with E-state index >= 15 is 0 Å². The summed E-state index contributed by atoms with van der Waals surface area (Å²) in [6, 6.07) is 13.6. The van der Waals surface area contributed by atoms with E-state index in [0.717, 1.165) is 48.7 Å². The van der Waals surface area contributed by atoms with E-state index in [2.05, 4.69) is 25.2 Å². The highest BCUT2D eigenvalue weighted by atomic mass is 16.5. The number of hydrogen-bond donors (Lipinski definition) is 1. The van der Waals surface area contributed by atoms with Crippen LogP contribution in [0.5, 0.6) is 5.88 Å². The zero-order valence-corrected chi connectivity index (χ0v) is 19.8. The molecule has 0 aliphatic carbocycles. The average Bonchev–Trinajstić information content (AvgIpc) is 3.30. The van der Waals surface area contributed by atoms with Crippen LogP contribution in [0.3, 0.4) is 0 Å².